The van der Waals surface area contributed by atoms with Crippen molar-refractivity contribution in [3.63, 3.8) is 0 Å². The van der Waals surface area contributed by atoms with Gasteiger partial charge in [0.2, 0.25) is 10.0 Å². The summed E-state index contributed by atoms with van der Waals surface area (Å²) in [6.45, 7) is 3.49. The Bertz CT molecular complexity index is 286. The number of ether oxygens (including phenoxy) is 1. The normalized spacial score (nSPS) is 20.9. The fraction of sp³-hybridized carbons (Fsp3) is 1.00. The van der Waals surface area contributed by atoms with Crippen LogP contribution in [0.5, 0.6) is 0 Å². The third-order valence-corrected chi connectivity index (χ3v) is 4.86. The summed E-state index contributed by atoms with van der Waals surface area (Å²) in [5, 5.41) is -0.178. The molecule has 0 aliphatic carbocycles. The lowest BCUT2D eigenvalue weighted by Crippen LogP contribution is -2.38. The first kappa shape index (κ1) is 14.2. The molecule has 0 aromatic carbocycles. The Labute approximate surface area is 103 Å². The fourth-order valence-corrected chi connectivity index (χ4v) is 3.33. The summed E-state index contributed by atoms with van der Waals surface area (Å²) in [5.74, 6) is 0. The molecule has 4 nitrogen and oxygen atoms in total. The first-order valence-corrected chi connectivity index (χ1v) is 7.71. The minimum atomic E-state index is -3.15. The Hall–Kier alpha value is 0.160. The summed E-state index contributed by atoms with van der Waals surface area (Å²) in [7, 11) is -3.15. The third-order valence-electron chi connectivity index (χ3n) is 2.69. The molecule has 1 rings (SSSR count). The summed E-state index contributed by atoms with van der Waals surface area (Å²) in [6.07, 6.45) is 2.81. The van der Waals surface area contributed by atoms with Gasteiger partial charge in [0.05, 0.1) is 5.25 Å². The molecule has 0 spiro atoms. The second-order valence-corrected chi connectivity index (χ2v) is 6.96. The van der Waals surface area contributed by atoms with Crippen LogP contribution in [-0.4, -0.2) is 38.8 Å². The Morgan fingerprint density at radius 1 is 1.44 bits per heavy atom. The van der Waals surface area contributed by atoms with Crippen molar-refractivity contribution in [2.45, 2.75) is 43.2 Å². The second kappa shape index (κ2) is 6.79. The summed E-state index contributed by atoms with van der Waals surface area (Å²) in [6, 6.07) is 0. The van der Waals surface area contributed by atoms with Crippen molar-refractivity contribution in [2.75, 3.05) is 19.8 Å². The Morgan fingerprint density at radius 3 is 2.62 bits per heavy atom. The van der Waals surface area contributed by atoms with Crippen LogP contribution in [0.2, 0.25) is 0 Å². The van der Waals surface area contributed by atoms with Gasteiger partial charge in [-0.2, -0.15) is 0 Å². The highest BCUT2D eigenvalue weighted by atomic mass is 35.5. The molecule has 1 aliphatic heterocycles. The van der Waals surface area contributed by atoms with Gasteiger partial charge >= 0.3 is 0 Å². The summed E-state index contributed by atoms with van der Waals surface area (Å²) >= 11 is 5.78. The van der Waals surface area contributed by atoms with Crippen molar-refractivity contribution < 1.29 is 13.2 Å². The lowest BCUT2D eigenvalue weighted by atomic mass is 10.2. The highest BCUT2D eigenvalue weighted by Gasteiger charge is 2.26. The number of rotatable bonds is 6. The van der Waals surface area contributed by atoms with Crippen LogP contribution in [0, 0.1) is 0 Å². The van der Waals surface area contributed by atoms with Gasteiger partial charge in [0.25, 0.3) is 0 Å². The zero-order chi connectivity index (χ0) is 12.0. The molecule has 0 aromatic rings. The van der Waals surface area contributed by atoms with Gasteiger partial charge in [0.1, 0.15) is 0 Å². The van der Waals surface area contributed by atoms with Gasteiger partial charge < -0.3 is 4.74 Å². The van der Waals surface area contributed by atoms with E-state index >= 15 is 0 Å². The van der Waals surface area contributed by atoms with Gasteiger partial charge in [0, 0.05) is 25.1 Å². The Balaban J connectivity index is 2.27. The van der Waals surface area contributed by atoms with E-state index in [4.69, 9.17) is 16.3 Å². The third kappa shape index (κ3) is 4.99. The standard InChI is InChI=1S/C10H20ClNO3S/c1-9(11)3-2-6-12-16(13,14)10-4-7-15-8-5-10/h9-10,12H,2-8H2,1H3. The fourth-order valence-electron chi connectivity index (χ4n) is 1.70. The van der Waals surface area contributed by atoms with Gasteiger partial charge in [-0.3, -0.25) is 0 Å². The van der Waals surface area contributed by atoms with Crippen LogP contribution in [0.4, 0.5) is 0 Å². The van der Waals surface area contributed by atoms with E-state index in [9.17, 15) is 8.42 Å². The first-order valence-electron chi connectivity index (χ1n) is 5.72. The average molecular weight is 270 g/mol. The molecule has 0 radical (unpaired) electrons. The number of hydrogen-bond acceptors (Lipinski definition) is 3. The van der Waals surface area contributed by atoms with Crippen molar-refractivity contribution >= 4 is 21.6 Å². The summed E-state index contributed by atoms with van der Waals surface area (Å²) in [4.78, 5) is 0. The predicted octanol–water partition coefficient (Wildman–Crippen LogP) is 1.49. The maximum Gasteiger partial charge on any atom is 0.214 e. The molecule has 16 heavy (non-hydrogen) atoms. The molecule has 0 amide bonds. The average Bonchev–Trinajstić information content (AvgIpc) is 2.26. The number of nitrogens with one attached hydrogen (secondary N) is 1. The quantitative estimate of drug-likeness (QED) is 0.587. The highest BCUT2D eigenvalue weighted by Crippen LogP contribution is 2.14. The lowest BCUT2D eigenvalue weighted by Gasteiger charge is -2.22. The van der Waals surface area contributed by atoms with Crippen LogP contribution in [0.15, 0.2) is 0 Å². The Kier molecular flexibility index (Phi) is 6.03. The molecule has 6 heteroatoms. The zero-order valence-corrected chi connectivity index (χ0v) is 11.2. The van der Waals surface area contributed by atoms with E-state index in [2.05, 4.69) is 4.72 Å². The van der Waals surface area contributed by atoms with Crippen molar-refractivity contribution in [1.82, 2.24) is 4.72 Å². The molecule has 0 saturated carbocycles. The largest absolute Gasteiger partial charge is 0.381 e. The van der Waals surface area contributed by atoms with Crippen molar-refractivity contribution in [1.29, 1.82) is 0 Å². The van der Waals surface area contributed by atoms with Crippen LogP contribution in [0.1, 0.15) is 32.6 Å². The van der Waals surface area contributed by atoms with E-state index in [0.29, 0.717) is 32.6 Å². The molecule has 1 N–H and O–H groups in total. The molecule has 1 heterocycles. The SMILES string of the molecule is CC(Cl)CCCNS(=O)(=O)C1CCOCC1. The Morgan fingerprint density at radius 2 is 2.06 bits per heavy atom. The van der Waals surface area contributed by atoms with Crippen LogP contribution in [0.3, 0.4) is 0 Å². The van der Waals surface area contributed by atoms with E-state index in [1.807, 2.05) is 6.92 Å². The molecular formula is C10H20ClNO3S. The smallest absolute Gasteiger partial charge is 0.214 e. The number of alkyl halides is 1. The van der Waals surface area contributed by atoms with E-state index in [1.54, 1.807) is 0 Å². The minimum Gasteiger partial charge on any atom is -0.381 e. The molecule has 1 unspecified atom stereocenters. The van der Waals surface area contributed by atoms with Gasteiger partial charge in [-0.25, -0.2) is 13.1 Å². The molecule has 1 aliphatic rings. The van der Waals surface area contributed by atoms with Crippen molar-refractivity contribution in [3.8, 4) is 0 Å². The number of sulfonamides is 1. The number of halogens is 1. The van der Waals surface area contributed by atoms with Crippen LogP contribution in [0.25, 0.3) is 0 Å². The number of hydrogen-bond donors (Lipinski definition) is 1. The maximum absolute atomic E-state index is 11.8. The van der Waals surface area contributed by atoms with Crippen LogP contribution >= 0.6 is 11.6 Å². The van der Waals surface area contributed by atoms with E-state index in [1.165, 1.54) is 0 Å². The molecule has 96 valence electrons. The van der Waals surface area contributed by atoms with E-state index in [-0.39, 0.29) is 10.6 Å². The second-order valence-electron chi connectivity index (χ2n) is 4.17. The molecule has 0 bridgehead atoms. The molecule has 0 aromatic heterocycles. The van der Waals surface area contributed by atoms with Gasteiger partial charge in [0.15, 0.2) is 0 Å². The molecule has 1 atom stereocenters. The molecule has 1 fully saturated rings. The summed E-state index contributed by atoms with van der Waals surface area (Å²) in [5.41, 5.74) is 0. The first-order chi connectivity index (χ1) is 7.52. The van der Waals surface area contributed by atoms with Gasteiger partial charge in [-0.1, -0.05) is 0 Å². The van der Waals surface area contributed by atoms with Crippen molar-refractivity contribution in [3.05, 3.63) is 0 Å². The topological polar surface area (TPSA) is 55.4 Å². The minimum absolute atomic E-state index is 0.104. The summed E-state index contributed by atoms with van der Waals surface area (Å²) < 4.78 is 31.4. The van der Waals surface area contributed by atoms with E-state index < -0.39 is 10.0 Å². The highest BCUT2D eigenvalue weighted by molar-refractivity contribution is 7.90. The van der Waals surface area contributed by atoms with Crippen LogP contribution < -0.4 is 4.72 Å². The monoisotopic (exact) mass is 269 g/mol. The van der Waals surface area contributed by atoms with Crippen LogP contribution in [-0.2, 0) is 14.8 Å². The van der Waals surface area contributed by atoms with E-state index in [0.717, 1.165) is 12.8 Å². The van der Waals surface area contributed by atoms with Crippen molar-refractivity contribution in [2.24, 2.45) is 0 Å². The predicted molar refractivity (Wildman–Crippen MR) is 65.3 cm³/mol. The molecule has 1 saturated heterocycles. The molecular weight excluding hydrogens is 250 g/mol. The van der Waals surface area contributed by atoms with Gasteiger partial charge in [-0.15, -0.1) is 11.6 Å². The zero-order valence-electron chi connectivity index (χ0n) is 9.62. The van der Waals surface area contributed by atoms with Gasteiger partial charge in [-0.05, 0) is 32.6 Å². The maximum atomic E-state index is 11.8. The lowest BCUT2D eigenvalue weighted by molar-refractivity contribution is 0.0981.